The summed E-state index contributed by atoms with van der Waals surface area (Å²) < 4.78 is 25.1. The van der Waals surface area contributed by atoms with Crippen molar-refractivity contribution in [2.45, 2.75) is 12.0 Å². The topological polar surface area (TPSA) is 84.5 Å². The normalized spacial score (nSPS) is 20.5. The van der Waals surface area contributed by atoms with Gasteiger partial charge < -0.3 is 19.6 Å². The number of carbonyl (C=O) groups is 2. The molecule has 0 aliphatic carbocycles. The molecular weight excluding hydrogens is 549 g/mol. The van der Waals surface area contributed by atoms with Crippen molar-refractivity contribution in [1.29, 1.82) is 0 Å². The van der Waals surface area contributed by atoms with Gasteiger partial charge in [-0.05, 0) is 42.0 Å². The van der Waals surface area contributed by atoms with Gasteiger partial charge in [-0.2, -0.15) is 4.31 Å². The largest absolute Gasteiger partial charge is 0.378 e. The molecule has 38 heavy (non-hydrogen) atoms. The van der Waals surface area contributed by atoms with Crippen LogP contribution in [0.4, 0.5) is 10.5 Å². The summed E-state index contributed by atoms with van der Waals surface area (Å²) in [6.45, 7) is 1.90. The predicted octanol–water partition coefficient (Wildman–Crippen LogP) is 3.30. The van der Waals surface area contributed by atoms with Crippen molar-refractivity contribution in [3.05, 3.63) is 63.6 Å². The molecular formula is C26H33Cl2N5O4S. The average molecular weight is 583 g/mol. The molecule has 0 N–H and O–H groups in total. The maximum atomic E-state index is 13.5. The Morgan fingerprint density at radius 1 is 0.868 bits per heavy atom. The zero-order valence-corrected chi connectivity index (χ0v) is 24.3. The Labute approximate surface area is 234 Å². The van der Waals surface area contributed by atoms with E-state index in [0.29, 0.717) is 41.8 Å². The second kappa shape index (κ2) is 11.3. The van der Waals surface area contributed by atoms with Crippen LogP contribution in [0.5, 0.6) is 0 Å². The van der Waals surface area contributed by atoms with Gasteiger partial charge in [0.2, 0.25) is 10.0 Å². The Hall–Kier alpha value is -2.53. The number of benzene rings is 2. The first-order valence-electron chi connectivity index (χ1n) is 12.3. The second-order valence-corrected chi connectivity index (χ2v) is 12.8. The number of hydrogen-bond acceptors (Lipinski definition) is 5. The minimum absolute atomic E-state index is 0.138. The van der Waals surface area contributed by atoms with Crippen molar-refractivity contribution in [1.82, 2.24) is 19.0 Å². The third-order valence-corrected chi connectivity index (χ3v) is 9.40. The zero-order chi connectivity index (χ0) is 27.8. The highest BCUT2D eigenvalue weighted by Gasteiger charge is 2.42. The lowest BCUT2D eigenvalue weighted by Crippen LogP contribution is -2.53. The second-order valence-electron chi connectivity index (χ2n) is 10.0. The highest BCUT2D eigenvalue weighted by Crippen LogP contribution is 2.35. The van der Waals surface area contributed by atoms with E-state index in [4.69, 9.17) is 23.2 Å². The van der Waals surface area contributed by atoms with E-state index in [2.05, 4.69) is 0 Å². The Balaban J connectivity index is 1.56. The first-order chi connectivity index (χ1) is 17.9. The van der Waals surface area contributed by atoms with Crippen LogP contribution in [0.2, 0.25) is 10.0 Å². The SMILES string of the molecule is CN(C)c1ccc(C(=O)N(C)[C@H]2CN(C(=O)N3CCN(S(C)(=O)=O)CC3)C[C@H]2c2ccc(Cl)c(Cl)c2)cc1. The van der Waals surface area contributed by atoms with Crippen LogP contribution in [-0.2, 0) is 10.0 Å². The highest BCUT2D eigenvalue weighted by atomic mass is 35.5. The maximum Gasteiger partial charge on any atom is 0.320 e. The summed E-state index contributed by atoms with van der Waals surface area (Å²) in [5.74, 6) is -0.317. The Bertz CT molecular complexity index is 1300. The number of urea groups is 1. The third-order valence-electron chi connectivity index (χ3n) is 7.36. The van der Waals surface area contributed by atoms with Crippen LogP contribution in [0.25, 0.3) is 0 Å². The van der Waals surface area contributed by atoms with Gasteiger partial charge >= 0.3 is 6.03 Å². The molecule has 0 unspecified atom stereocenters. The van der Waals surface area contributed by atoms with Gasteiger partial charge in [-0.3, -0.25) is 4.79 Å². The summed E-state index contributed by atoms with van der Waals surface area (Å²) in [4.78, 5) is 34.1. The summed E-state index contributed by atoms with van der Waals surface area (Å²) in [7, 11) is 2.34. The number of hydrogen-bond donors (Lipinski definition) is 0. The number of amides is 3. The lowest BCUT2D eigenvalue weighted by molar-refractivity contribution is 0.0723. The number of nitrogens with zero attached hydrogens (tertiary/aromatic N) is 5. The van der Waals surface area contributed by atoms with E-state index in [1.165, 1.54) is 10.6 Å². The van der Waals surface area contributed by atoms with E-state index in [0.717, 1.165) is 11.3 Å². The van der Waals surface area contributed by atoms with E-state index in [1.54, 1.807) is 33.9 Å². The fourth-order valence-electron chi connectivity index (χ4n) is 5.07. The lowest BCUT2D eigenvalue weighted by atomic mass is 9.93. The molecule has 9 nitrogen and oxygen atoms in total. The molecule has 206 valence electrons. The van der Waals surface area contributed by atoms with Gasteiger partial charge in [-0.1, -0.05) is 29.3 Å². The van der Waals surface area contributed by atoms with E-state index < -0.39 is 10.0 Å². The summed E-state index contributed by atoms with van der Waals surface area (Å²) in [6, 6.07) is 12.4. The fraction of sp³-hybridized carbons (Fsp3) is 0.462. The number of anilines is 1. The number of halogens is 2. The van der Waals surface area contributed by atoms with Gasteiger partial charge in [0.15, 0.2) is 0 Å². The van der Waals surface area contributed by atoms with Crippen molar-refractivity contribution in [2.75, 3.05) is 71.6 Å². The molecule has 2 heterocycles. The van der Waals surface area contributed by atoms with Crippen molar-refractivity contribution in [3.63, 3.8) is 0 Å². The molecule has 2 aliphatic rings. The zero-order valence-electron chi connectivity index (χ0n) is 22.0. The molecule has 2 fully saturated rings. The molecule has 0 aromatic heterocycles. The van der Waals surface area contributed by atoms with Gasteiger partial charge in [0, 0.05) is 77.6 Å². The van der Waals surface area contributed by atoms with Crippen LogP contribution in [0.15, 0.2) is 42.5 Å². The molecule has 0 radical (unpaired) electrons. The number of piperazine rings is 1. The monoisotopic (exact) mass is 581 g/mol. The van der Waals surface area contributed by atoms with Gasteiger partial charge in [-0.25, -0.2) is 13.2 Å². The quantitative estimate of drug-likeness (QED) is 0.541. The molecule has 2 aromatic carbocycles. The lowest BCUT2D eigenvalue weighted by Gasteiger charge is -2.35. The number of likely N-dealkylation sites (N-methyl/N-ethyl adjacent to an activating group) is 1. The van der Waals surface area contributed by atoms with Crippen LogP contribution >= 0.6 is 23.2 Å². The molecule has 0 spiro atoms. The summed E-state index contributed by atoms with van der Waals surface area (Å²) >= 11 is 12.5. The number of likely N-dealkylation sites (tertiary alicyclic amines) is 1. The molecule has 2 atom stereocenters. The highest BCUT2D eigenvalue weighted by molar-refractivity contribution is 7.88. The maximum absolute atomic E-state index is 13.5. The first kappa shape index (κ1) is 28.5. The van der Waals surface area contributed by atoms with Crippen LogP contribution < -0.4 is 4.90 Å². The van der Waals surface area contributed by atoms with Crippen LogP contribution in [0.1, 0.15) is 21.8 Å². The molecule has 2 aromatic rings. The van der Waals surface area contributed by atoms with Crippen LogP contribution in [0, 0.1) is 0 Å². The molecule has 2 aliphatic heterocycles. The smallest absolute Gasteiger partial charge is 0.320 e. The van der Waals surface area contributed by atoms with E-state index in [9.17, 15) is 18.0 Å². The Morgan fingerprint density at radius 3 is 2.05 bits per heavy atom. The van der Waals surface area contributed by atoms with Crippen LogP contribution in [0.3, 0.4) is 0 Å². The summed E-state index contributed by atoms with van der Waals surface area (Å²) in [6.07, 6.45) is 1.18. The minimum atomic E-state index is -3.30. The van der Waals surface area contributed by atoms with Crippen LogP contribution in [-0.4, -0.2) is 112 Å². The number of rotatable bonds is 5. The number of sulfonamides is 1. The van der Waals surface area contributed by atoms with E-state index in [1.807, 2.05) is 49.3 Å². The van der Waals surface area contributed by atoms with Crippen molar-refractivity contribution in [3.8, 4) is 0 Å². The summed E-state index contributed by atoms with van der Waals surface area (Å²) in [5.41, 5.74) is 2.45. The van der Waals surface area contributed by atoms with Gasteiger partial charge in [-0.15, -0.1) is 0 Å². The molecule has 2 saturated heterocycles. The Morgan fingerprint density at radius 2 is 1.50 bits per heavy atom. The predicted molar refractivity (Wildman–Crippen MR) is 151 cm³/mol. The minimum Gasteiger partial charge on any atom is -0.378 e. The van der Waals surface area contributed by atoms with Gasteiger partial charge in [0.1, 0.15) is 0 Å². The molecule has 0 saturated carbocycles. The van der Waals surface area contributed by atoms with E-state index in [-0.39, 0.29) is 37.0 Å². The third kappa shape index (κ3) is 6.03. The molecule has 0 bridgehead atoms. The average Bonchev–Trinajstić information content (AvgIpc) is 3.34. The van der Waals surface area contributed by atoms with E-state index >= 15 is 0 Å². The number of carbonyl (C=O) groups excluding carboxylic acids is 2. The molecule has 3 amide bonds. The summed E-state index contributed by atoms with van der Waals surface area (Å²) in [5, 5.41) is 0.852. The first-order valence-corrected chi connectivity index (χ1v) is 15.0. The fourth-order valence-corrected chi connectivity index (χ4v) is 6.21. The van der Waals surface area contributed by atoms with Crippen molar-refractivity contribution in [2.24, 2.45) is 0 Å². The molecule has 4 rings (SSSR count). The van der Waals surface area contributed by atoms with Gasteiger partial charge in [0.25, 0.3) is 5.91 Å². The van der Waals surface area contributed by atoms with Gasteiger partial charge in [0.05, 0.1) is 22.3 Å². The van der Waals surface area contributed by atoms with Crippen molar-refractivity contribution < 1.29 is 18.0 Å². The van der Waals surface area contributed by atoms with Crippen molar-refractivity contribution >= 4 is 50.9 Å². The molecule has 12 heteroatoms. The standard InChI is InChI=1S/C26H33Cl2N5O4S/c1-29(2)20-8-5-18(6-9-20)25(34)30(3)24-17-32(16-21(24)19-7-10-22(27)23(28)15-19)26(35)31-11-13-33(14-12-31)38(4,36)37/h5-10,15,21,24H,11-14,16-17H2,1-4H3/t21-,24-/m0/s1. The Kier molecular flexibility index (Phi) is 8.46.